The quantitative estimate of drug-likeness (QED) is 0.869. The van der Waals surface area contributed by atoms with E-state index in [0.29, 0.717) is 12.8 Å². The molecule has 2 N–H and O–H groups in total. The van der Waals surface area contributed by atoms with Crippen LogP contribution in [-0.2, 0) is 9.59 Å². The number of rotatable bonds is 3. The molecule has 1 aliphatic rings. The van der Waals surface area contributed by atoms with E-state index < -0.39 is 0 Å². The molecule has 1 aliphatic heterocycles. The monoisotopic (exact) mass is 288 g/mol. The Balaban J connectivity index is 2.22. The second kappa shape index (κ2) is 6.39. The molecule has 0 spiro atoms. The molecule has 0 aliphatic carbocycles. The van der Waals surface area contributed by atoms with Gasteiger partial charge in [0.15, 0.2) is 0 Å². The summed E-state index contributed by atoms with van der Waals surface area (Å²) in [6.07, 6.45) is 2.48. The highest BCUT2D eigenvalue weighted by Crippen LogP contribution is 2.24. The summed E-state index contributed by atoms with van der Waals surface area (Å²) in [4.78, 5) is 25.5. The number of likely N-dealkylation sites (tertiary alicyclic amines) is 1. The summed E-state index contributed by atoms with van der Waals surface area (Å²) < 4.78 is 0. The molecule has 0 radical (unpaired) electrons. The molecule has 4 heteroatoms. The number of hydrogen-bond acceptors (Lipinski definition) is 3. The summed E-state index contributed by atoms with van der Waals surface area (Å²) in [5.41, 5.74) is 10.8. The summed E-state index contributed by atoms with van der Waals surface area (Å²) in [6.45, 7) is 6.39. The van der Waals surface area contributed by atoms with Crippen LogP contribution in [0, 0.1) is 20.8 Å². The first-order valence-electron chi connectivity index (χ1n) is 7.56. The maximum atomic E-state index is 12.1. The first-order chi connectivity index (χ1) is 9.90. The number of carbonyl (C=O) groups excluding carboxylic acids is 2. The Morgan fingerprint density at radius 3 is 2.00 bits per heavy atom. The lowest BCUT2D eigenvalue weighted by Crippen LogP contribution is -2.40. The van der Waals surface area contributed by atoms with Gasteiger partial charge in [-0.1, -0.05) is 17.7 Å². The number of nitrogens with zero attached hydrogens (tertiary/aromatic N) is 1. The molecule has 114 valence electrons. The molecule has 0 bridgehead atoms. The molecule has 1 aromatic carbocycles. The van der Waals surface area contributed by atoms with E-state index >= 15 is 0 Å². The third-order valence-corrected chi connectivity index (χ3v) is 4.12. The fourth-order valence-corrected chi connectivity index (χ4v) is 3.23. The Bertz CT molecular complexity index is 525. The van der Waals surface area contributed by atoms with Crippen molar-refractivity contribution in [2.45, 2.75) is 52.5 Å². The van der Waals surface area contributed by atoms with E-state index in [1.165, 1.54) is 10.5 Å². The molecular formula is C17H24N2O2. The van der Waals surface area contributed by atoms with E-state index in [0.717, 1.165) is 29.5 Å². The zero-order valence-corrected chi connectivity index (χ0v) is 13.1. The Morgan fingerprint density at radius 2 is 1.52 bits per heavy atom. The zero-order valence-electron chi connectivity index (χ0n) is 13.1. The molecule has 4 nitrogen and oxygen atoms in total. The van der Waals surface area contributed by atoms with Gasteiger partial charge in [-0.05, 0) is 50.3 Å². The average molecular weight is 288 g/mol. The van der Waals surface area contributed by atoms with Crippen LogP contribution in [0.4, 0.5) is 0 Å². The molecule has 21 heavy (non-hydrogen) atoms. The summed E-state index contributed by atoms with van der Waals surface area (Å²) in [5, 5.41) is 0. The van der Waals surface area contributed by atoms with Crippen molar-refractivity contribution < 1.29 is 9.59 Å². The molecule has 2 amide bonds. The molecule has 2 rings (SSSR count). The van der Waals surface area contributed by atoms with E-state index in [9.17, 15) is 9.59 Å². The third kappa shape index (κ3) is 3.50. The maximum absolute atomic E-state index is 12.1. The highest BCUT2D eigenvalue weighted by molar-refractivity contribution is 5.96. The molecule has 1 saturated heterocycles. The molecule has 1 atom stereocenters. The van der Waals surface area contributed by atoms with Crippen LogP contribution < -0.4 is 5.73 Å². The van der Waals surface area contributed by atoms with Crippen molar-refractivity contribution in [1.82, 2.24) is 4.90 Å². The van der Waals surface area contributed by atoms with Crippen LogP contribution in [0.15, 0.2) is 12.1 Å². The van der Waals surface area contributed by atoms with Crippen LogP contribution in [0.5, 0.6) is 0 Å². The van der Waals surface area contributed by atoms with Crippen molar-refractivity contribution in [1.29, 1.82) is 0 Å². The van der Waals surface area contributed by atoms with Gasteiger partial charge >= 0.3 is 0 Å². The number of aryl methyl sites for hydroxylation is 3. The van der Waals surface area contributed by atoms with E-state index in [2.05, 4.69) is 19.1 Å². The first-order valence-corrected chi connectivity index (χ1v) is 7.56. The van der Waals surface area contributed by atoms with Gasteiger partial charge in [0.2, 0.25) is 11.8 Å². The van der Waals surface area contributed by atoms with E-state index in [1.54, 1.807) is 0 Å². The van der Waals surface area contributed by atoms with Crippen molar-refractivity contribution in [3.63, 3.8) is 0 Å². The topological polar surface area (TPSA) is 63.4 Å². The third-order valence-electron chi connectivity index (χ3n) is 4.12. The maximum Gasteiger partial charge on any atom is 0.229 e. The molecule has 1 unspecified atom stereocenters. The highest BCUT2D eigenvalue weighted by atomic mass is 16.2. The summed E-state index contributed by atoms with van der Waals surface area (Å²) in [7, 11) is 0. The van der Waals surface area contributed by atoms with Crippen LogP contribution in [0.2, 0.25) is 0 Å². The second-order valence-corrected chi connectivity index (χ2v) is 6.02. The predicted molar refractivity (Wildman–Crippen MR) is 82.8 cm³/mol. The summed E-state index contributed by atoms with van der Waals surface area (Å²) in [5.74, 6) is -0.175. The normalized spacial score (nSPS) is 17.8. The van der Waals surface area contributed by atoms with E-state index in [-0.39, 0.29) is 24.4 Å². The van der Waals surface area contributed by atoms with Crippen LogP contribution in [0.25, 0.3) is 0 Å². The Labute approximate surface area is 126 Å². The molecular weight excluding hydrogens is 264 g/mol. The standard InChI is InChI=1S/C17H24N2O2/c1-11-8-12(2)17(13(3)9-11)14(18)10-19-15(20)6-4-5-7-16(19)21/h8-9,14H,4-7,10,18H2,1-3H3. The average Bonchev–Trinajstić information content (AvgIpc) is 2.52. The van der Waals surface area contributed by atoms with Gasteiger partial charge in [0, 0.05) is 25.4 Å². The van der Waals surface area contributed by atoms with Crippen molar-refractivity contribution in [3.8, 4) is 0 Å². The number of benzene rings is 1. The molecule has 0 saturated carbocycles. The van der Waals surface area contributed by atoms with Crippen molar-refractivity contribution >= 4 is 11.8 Å². The minimum absolute atomic E-state index is 0.0876. The molecule has 0 aromatic heterocycles. The lowest BCUT2D eigenvalue weighted by atomic mass is 9.94. The fourth-order valence-electron chi connectivity index (χ4n) is 3.23. The number of hydrogen-bond donors (Lipinski definition) is 1. The highest BCUT2D eigenvalue weighted by Gasteiger charge is 2.27. The number of amides is 2. The number of imide groups is 1. The Hall–Kier alpha value is -1.68. The minimum atomic E-state index is -0.323. The largest absolute Gasteiger partial charge is 0.322 e. The lowest BCUT2D eigenvalue weighted by Gasteiger charge is -2.25. The van der Waals surface area contributed by atoms with E-state index in [4.69, 9.17) is 5.73 Å². The van der Waals surface area contributed by atoms with Crippen molar-refractivity contribution in [2.24, 2.45) is 5.73 Å². The summed E-state index contributed by atoms with van der Waals surface area (Å²) >= 11 is 0. The first kappa shape index (κ1) is 15.7. The van der Waals surface area contributed by atoms with Crippen LogP contribution in [0.1, 0.15) is 54.0 Å². The van der Waals surface area contributed by atoms with Crippen molar-refractivity contribution in [2.75, 3.05) is 6.54 Å². The van der Waals surface area contributed by atoms with Crippen LogP contribution in [-0.4, -0.2) is 23.3 Å². The van der Waals surface area contributed by atoms with Gasteiger partial charge in [-0.2, -0.15) is 0 Å². The number of carbonyl (C=O) groups is 2. The molecule has 1 heterocycles. The van der Waals surface area contributed by atoms with Crippen LogP contribution in [0.3, 0.4) is 0 Å². The van der Waals surface area contributed by atoms with Crippen molar-refractivity contribution in [3.05, 3.63) is 34.4 Å². The van der Waals surface area contributed by atoms with Gasteiger partial charge < -0.3 is 5.73 Å². The fraction of sp³-hybridized carbons (Fsp3) is 0.529. The van der Waals surface area contributed by atoms with E-state index in [1.807, 2.05) is 13.8 Å². The molecule has 1 aromatic rings. The number of nitrogens with two attached hydrogens (primary N) is 1. The Kier molecular flexibility index (Phi) is 4.78. The second-order valence-electron chi connectivity index (χ2n) is 6.02. The van der Waals surface area contributed by atoms with Gasteiger partial charge in [0.1, 0.15) is 0 Å². The zero-order chi connectivity index (χ0) is 15.6. The Morgan fingerprint density at radius 1 is 1.05 bits per heavy atom. The van der Waals surface area contributed by atoms with Gasteiger partial charge in [-0.3, -0.25) is 14.5 Å². The minimum Gasteiger partial charge on any atom is -0.322 e. The smallest absolute Gasteiger partial charge is 0.229 e. The van der Waals surface area contributed by atoms with Gasteiger partial charge in [-0.15, -0.1) is 0 Å². The van der Waals surface area contributed by atoms with Gasteiger partial charge in [-0.25, -0.2) is 0 Å². The predicted octanol–water partition coefficient (Wildman–Crippen LogP) is 2.54. The summed E-state index contributed by atoms with van der Waals surface area (Å²) in [6, 6.07) is 3.86. The van der Waals surface area contributed by atoms with Crippen LogP contribution >= 0.6 is 0 Å². The molecule has 1 fully saturated rings. The van der Waals surface area contributed by atoms with Gasteiger partial charge in [0.25, 0.3) is 0 Å². The van der Waals surface area contributed by atoms with Gasteiger partial charge in [0.05, 0.1) is 0 Å². The lowest BCUT2D eigenvalue weighted by molar-refractivity contribution is -0.144. The SMILES string of the molecule is Cc1cc(C)c(C(N)CN2C(=O)CCCCC2=O)c(C)c1.